The first-order valence-electron chi connectivity index (χ1n) is 11.0. The summed E-state index contributed by atoms with van der Waals surface area (Å²) in [7, 11) is 0. The molecule has 0 aliphatic carbocycles. The number of aliphatic imine (C=N–C) groups is 1. The Labute approximate surface area is 200 Å². The molecular formula is C23H40IN5O. The number of rotatable bonds is 12. The van der Waals surface area contributed by atoms with E-state index in [2.05, 4.69) is 46.9 Å². The van der Waals surface area contributed by atoms with Crippen LogP contribution in [0.3, 0.4) is 0 Å². The lowest BCUT2D eigenvalue weighted by Gasteiger charge is -2.34. The van der Waals surface area contributed by atoms with Crippen LogP contribution in [0.2, 0.25) is 0 Å². The average molecular weight is 530 g/mol. The van der Waals surface area contributed by atoms with Crippen molar-refractivity contribution in [2.45, 2.75) is 33.2 Å². The largest absolute Gasteiger partial charge is 0.489 e. The summed E-state index contributed by atoms with van der Waals surface area (Å²) >= 11 is 0. The number of likely N-dealkylation sites (N-methyl/N-ethyl adjacent to an activating group) is 1. The van der Waals surface area contributed by atoms with Crippen LogP contribution < -0.4 is 15.4 Å². The van der Waals surface area contributed by atoms with Crippen molar-refractivity contribution in [3.05, 3.63) is 42.5 Å². The first-order valence-corrected chi connectivity index (χ1v) is 11.0. The van der Waals surface area contributed by atoms with Gasteiger partial charge in [-0.1, -0.05) is 37.8 Å². The van der Waals surface area contributed by atoms with Crippen molar-refractivity contribution in [2.75, 3.05) is 59.0 Å². The van der Waals surface area contributed by atoms with E-state index in [1.807, 2.05) is 18.2 Å². The molecule has 0 spiro atoms. The normalized spacial score (nSPS) is 15.3. The number of halogens is 1. The topological polar surface area (TPSA) is 52.1 Å². The molecule has 0 saturated carbocycles. The lowest BCUT2D eigenvalue weighted by atomic mass is 10.2. The van der Waals surface area contributed by atoms with Crippen LogP contribution in [0.15, 0.2) is 41.9 Å². The fourth-order valence-corrected chi connectivity index (χ4v) is 3.43. The lowest BCUT2D eigenvalue weighted by Crippen LogP contribution is -2.46. The molecule has 1 saturated heterocycles. The number of benzene rings is 1. The SMILES string of the molecule is C=CCOc1ccccc1CN=C(NCC)NCCCCN1CCN(CC)CC1.I. The Morgan fingerprint density at radius 2 is 1.83 bits per heavy atom. The van der Waals surface area contributed by atoms with E-state index in [1.54, 1.807) is 6.08 Å². The van der Waals surface area contributed by atoms with Crippen LogP contribution in [-0.4, -0.2) is 74.7 Å². The number of nitrogens with one attached hydrogen (secondary N) is 2. The molecule has 2 rings (SSSR count). The van der Waals surface area contributed by atoms with Gasteiger partial charge in [-0.05, 0) is 38.9 Å². The number of guanidine groups is 1. The van der Waals surface area contributed by atoms with Gasteiger partial charge in [-0.3, -0.25) is 0 Å². The molecule has 7 heteroatoms. The van der Waals surface area contributed by atoms with Crippen molar-refractivity contribution < 1.29 is 4.74 Å². The van der Waals surface area contributed by atoms with Crippen LogP contribution in [0.5, 0.6) is 5.75 Å². The summed E-state index contributed by atoms with van der Waals surface area (Å²) in [5.41, 5.74) is 1.08. The van der Waals surface area contributed by atoms with Crippen molar-refractivity contribution in [3.63, 3.8) is 0 Å². The predicted octanol–water partition coefficient (Wildman–Crippen LogP) is 3.34. The monoisotopic (exact) mass is 529 g/mol. The van der Waals surface area contributed by atoms with E-state index >= 15 is 0 Å². The Bertz CT molecular complexity index is 617. The van der Waals surface area contributed by atoms with Crippen LogP contribution in [0.4, 0.5) is 0 Å². The third-order valence-electron chi connectivity index (χ3n) is 5.19. The van der Waals surface area contributed by atoms with Gasteiger partial charge < -0.3 is 25.2 Å². The van der Waals surface area contributed by atoms with Gasteiger partial charge in [0.05, 0.1) is 6.54 Å². The molecule has 1 aromatic carbocycles. The summed E-state index contributed by atoms with van der Waals surface area (Å²) in [5.74, 6) is 1.73. The molecule has 0 aromatic heterocycles. The zero-order valence-corrected chi connectivity index (χ0v) is 21.1. The number of piperazine rings is 1. The molecule has 1 heterocycles. The number of hydrogen-bond acceptors (Lipinski definition) is 4. The number of unbranched alkanes of at least 4 members (excludes halogenated alkanes) is 1. The minimum atomic E-state index is 0. The molecule has 1 aliphatic rings. The second-order valence-electron chi connectivity index (χ2n) is 7.31. The Morgan fingerprint density at radius 3 is 2.53 bits per heavy atom. The first kappa shape index (κ1) is 26.7. The van der Waals surface area contributed by atoms with E-state index in [4.69, 9.17) is 9.73 Å². The smallest absolute Gasteiger partial charge is 0.191 e. The predicted molar refractivity (Wildman–Crippen MR) is 138 cm³/mol. The molecular weight excluding hydrogens is 489 g/mol. The third-order valence-corrected chi connectivity index (χ3v) is 5.19. The van der Waals surface area contributed by atoms with E-state index < -0.39 is 0 Å². The maximum absolute atomic E-state index is 5.73. The highest BCUT2D eigenvalue weighted by Crippen LogP contribution is 2.18. The molecule has 0 unspecified atom stereocenters. The molecule has 1 aromatic rings. The van der Waals surface area contributed by atoms with E-state index in [9.17, 15) is 0 Å². The molecule has 0 atom stereocenters. The summed E-state index contributed by atoms with van der Waals surface area (Å²) in [5, 5.41) is 6.80. The van der Waals surface area contributed by atoms with E-state index in [-0.39, 0.29) is 24.0 Å². The van der Waals surface area contributed by atoms with Crippen LogP contribution >= 0.6 is 24.0 Å². The first-order chi connectivity index (χ1) is 14.3. The van der Waals surface area contributed by atoms with Crippen molar-refractivity contribution in [1.82, 2.24) is 20.4 Å². The van der Waals surface area contributed by atoms with Gasteiger partial charge in [-0.25, -0.2) is 4.99 Å². The molecule has 1 fully saturated rings. The quantitative estimate of drug-likeness (QED) is 0.143. The maximum Gasteiger partial charge on any atom is 0.191 e. The van der Waals surface area contributed by atoms with Gasteiger partial charge in [0.2, 0.25) is 0 Å². The Morgan fingerprint density at radius 1 is 1.10 bits per heavy atom. The second-order valence-corrected chi connectivity index (χ2v) is 7.31. The molecule has 30 heavy (non-hydrogen) atoms. The lowest BCUT2D eigenvalue weighted by molar-refractivity contribution is 0.136. The fourth-order valence-electron chi connectivity index (χ4n) is 3.43. The summed E-state index contributed by atoms with van der Waals surface area (Å²) < 4.78 is 5.73. The molecule has 1 aliphatic heterocycles. The maximum atomic E-state index is 5.73. The van der Waals surface area contributed by atoms with Gasteiger partial charge >= 0.3 is 0 Å². The van der Waals surface area contributed by atoms with Crippen molar-refractivity contribution in [3.8, 4) is 5.75 Å². The van der Waals surface area contributed by atoms with Crippen LogP contribution in [0.1, 0.15) is 32.3 Å². The minimum Gasteiger partial charge on any atom is -0.489 e. The Hall–Kier alpha value is -1.32. The number of nitrogens with zero attached hydrogens (tertiary/aromatic N) is 3. The van der Waals surface area contributed by atoms with Crippen LogP contribution in [0.25, 0.3) is 0 Å². The molecule has 2 N–H and O–H groups in total. The minimum absolute atomic E-state index is 0. The highest BCUT2D eigenvalue weighted by Gasteiger charge is 2.14. The van der Waals surface area contributed by atoms with Crippen molar-refractivity contribution in [1.29, 1.82) is 0 Å². The van der Waals surface area contributed by atoms with Crippen LogP contribution in [-0.2, 0) is 6.54 Å². The summed E-state index contributed by atoms with van der Waals surface area (Å²) in [6, 6.07) is 8.04. The number of para-hydroxylation sites is 1. The zero-order valence-electron chi connectivity index (χ0n) is 18.7. The van der Waals surface area contributed by atoms with Gasteiger partial charge in [0.15, 0.2) is 5.96 Å². The standard InChI is InChI=1S/C23H39N5O.HI/c1-4-19-29-22-12-8-7-11-21(22)20-26-23(24-5-2)25-13-9-10-14-28-17-15-27(6-3)16-18-28;/h4,7-8,11-12H,1,5-6,9-10,13-20H2,2-3H3,(H2,24,25,26);1H. The number of ether oxygens (including phenoxy) is 1. The van der Waals surface area contributed by atoms with Gasteiger partial charge in [-0.15, -0.1) is 24.0 Å². The fraction of sp³-hybridized carbons (Fsp3) is 0.609. The summed E-state index contributed by atoms with van der Waals surface area (Å²) in [6.07, 6.45) is 4.13. The van der Waals surface area contributed by atoms with Crippen molar-refractivity contribution >= 4 is 29.9 Å². The van der Waals surface area contributed by atoms with Gasteiger partial charge in [-0.2, -0.15) is 0 Å². The highest BCUT2D eigenvalue weighted by molar-refractivity contribution is 14.0. The number of hydrogen-bond donors (Lipinski definition) is 2. The highest BCUT2D eigenvalue weighted by atomic mass is 127. The molecule has 0 amide bonds. The van der Waals surface area contributed by atoms with Crippen molar-refractivity contribution in [2.24, 2.45) is 4.99 Å². The van der Waals surface area contributed by atoms with Gasteiger partial charge in [0.1, 0.15) is 12.4 Å². The Kier molecular flexibility index (Phi) is 14.6. The van der Waals surface area contributed by atoms with Gasteiger partial charge in [0.25, 0.3) is 0 Å². The summed E-state index contributed by atoms with van der Waals surface area (Å²) in [6.45, 7) is 18.1. The second kappa shape index (κ2) is 16.4. The zero-order chi connectivity index (χ0) is 20.7. The van der Waals surface area contributed by atoms with E-state index in [0.717, 1.165) is 36.8 Å². The molecule has 6 nitrogen and oxygen atoms in total. The Balaban J connectivity index is 0.00000450. The molecule has 0 radical (unpaired) electrons. The van der Waals surface area contributed by atoms with E-state index in [0.29, 0.717) is 13.2 Å². The third kappa shape index (κ3) is 10.1. The average Bonchev–Trinajstić information content (AvgIpc) is 2.76. The molecule has 0 bridgehead atoms. The van der Waals surface area contributed by atoms with E-state index in [1.165, 1.54) is 45.7 Å². The van der Waals surface area contributed by atoms with Gasteiger partial charge in [0, 0.05) is 44.8 Å². The molecule has 170 valence electrons. The van der Waals surface area contributed by atoms with Crippen LogP contribution in [0, 0.1) is 0 Å². The summed E-state index contributed by atoms with van der Waals surface area (Å²) in [4.78, 5) is 9.84.